The second kappa shape index (κ2) is 5.87. The van der Waals surface area contributed by atoms with Gasteiger partial charge in [0.1, 0.15) is 5.54 Å². The third-order valence-electron chi connectivity index (χ3n) is 2.75. The van der Waals surface area contributed by atoms with Crippen LogP contribution in [0, 0.1) is 5.92 Å². The molecule has 4 nitrogen and oxygen atoms in total. The van der Waals surface area contributed by atoms with Gasteiger partial charge in [0.05, 0.1) is 0 Å². The van der Waals surface area contributed by atoms with Crippen LogP contribution in [0.5, 0.6) is 0 Å². The Kier molecular flexibility index (Phi) is 5.48. The Bertz CT molecular complexity index is 259. The molecular weight excluding hydrogens is 206 g/mol. The van der Waals surface area contributed by atoms with Gasteiger partial charge in [-0.15, -0.1) is 0 Å². The molecule has 0 saturated carbocycles. The molecule has 0 aliphatic carbocycles. The van der Waals surface area contributed by atoms with Crippen molar-refractivity contribution in [1.29, 1.82) is 0 Å². The molecule has 0 atom stereocenters. The number of carbonyl (C=O) groups is 2. The minimum absolute atomic E-state index is 0.0800. The number of carboxylic acid groups (broad SMARTS) is 1. The highest BCUT2D eigenvalue weighted by molar-refractivity contribution is 5.86. The van der Waals surface area contributed by atoms with E-state index in [1.54, 1.807) is 20.8 Å². The average molecular weight is 229 g/mol. The minimum atomic E-state index is -1.12. The molecule has 0 aliphatic rings. The van der Waals surface area contributed by atoms with E-state index in [0.29, 0.717) is 18.9 Å². The van der Waals surface area contributed by atoms with Crippen molar-refractivity contribution >= 4 is 11.9 Å². The van der Waals surface area contributed by atoms with Crippen molar-refractivity contribution in [2.75, 3.05) is 6.54 Å². The van der Waals surface area contributed by atoms with Gasteiger partial charge >= 0.3 is 5.97 Å². The van der Waals surface area contributed by atoms with Crippen LogP contribution < -0.4 is 0 Å². The maximum Gasteiger partial charge on any atom is 0.329 e. The molecule has 0 bridgehead atoms. The monoisotopic (exact) mass is 229 g/mol. The molecule has 0 aromatic carbocycles. The molecule has 0 aromatic heterocycles. The fourth-order valence-electron chi connectivity index (χ4n) is 1.55. The van der Waals surface area contributed by atoms with Crippen molar-refractivity contribution in [2.24, 2.45) is 5.92 Å². The summed E-state index contributed by atoms with van der Waals surface area (Å²) in [6.07, 6.45) is 1.22. The predicted octanol–water partition coefficient (Wildman–Crippen LogP) is 2.13. The molecule has 0 aromatic rings. The molecule has 4 heteroatoms. The maximum atomic E-state index is 11.9. The zero-order valence-corrected chi connectivity index (χ0v) is 10.9. The fourth-order valence-corrected chi connectivity index (χ4v) is 1.55. The molecule has 0 heterocycles. The number of amides is 1. The molecule has 0 saturated heterocycles. The number of carboxylic acids is 1. The van der Waals surface area contributed by atoms with Gasteiger partial charge in [0.15, 0.2) is 0 Å². The third-order valence-corrected chi connectivity index (χ3v) is 2.75. The second-order valence-electron chi connectivity index (χ2n) is 4.93. The summed E-state index contributed by atoms with van der Waals surface area (Å²) < 4.78 is 0. The number of likely N-dealkylation sites (N-methyl/N-ethyl adjacent to an activating group) is 1. The zero-order chi connectivity index (χ0) is 12.9. The van der Waals surface area contributed by atoms with Crippen molar-refractivity contribution in [3.8, 4) is 0 Å². The van der Waals surface area contributed by atoms with E-state index in [1.807, 2.05) is 13.8 Å². The first-order valence-electron chi connectivity index (χ1n) is 5.77. The van der Waals surface area contributed by atoms with Crippen molar-refractivity contribution in [2.45, 2.75) is 53.0 Å². The lowest BCUT2D eigenvalue weighted by molar-refractivity contribution is -0.156. The summed E-state index contributed by atoms with van der Waals surface area (Å²) in [5, 5.41) is 9.08. The minimum Gasteiger partial charge on any atom is -0.480 e. The average Bonchev–Trinajstić information content (AvgIpc) is 2.15. The smallest absolute Gasteiger partial charge is 0.329 e. The third kappa shape index (κ3) is 3.83. The molecule has 1 N–H and O–H groups in total. The Morgan fingerprint density at radius 1 is 1.31 bits per heavy atom. The number of carbonyl (C=O) groups excluding carboxylic acids is 1. The van der Waals surface area contributed by atoms with Crippen LogP contribution in [-0.4, -0.2) is 34.0 Å². The Morgan fingerprint density at radius 2 is 1.81 bits per heavy atom. The van der Waals surface area contributed by atoms with Gasteiger partial charge in [0.2, 0.25) is 5.91 Å². The highest BCUT2D eigenvalue weighted by Gasteiger charge is 2.36. The van der Waals surface area contributed by atoms with E-state index in [2.05, 4.69) is 0 Å². The number of aliphatic carboxylic acids is 1. The first kappa shape index (κ1) is 14.9. The quantitative estimate of drug-likeness (QED) is 0.759. The molecule has 0 spiro atoms. The van der Waals surface area contributed by atoms with Crippen molar-refractivity contribution in [1.82, 2.24) is 4.90 Å². The van der Waals surface area contributed by atoms with Gasteiger partial charge in [0.25, 0.3) is 0 Å². The number of nitrogens with zero attached hydrogens (tertiary/aromatic N) is 1. The summed E-state index contributed by atoms with van der Waals surface area (Å²) in [6, 6.07) is 0. The molecule has 0 aliphatic heterocycles. The topological polar surface area (TPSA) is 57.6 Å². The van der Waals surface area contributed by atoms with Crippen molar-refractivity contribution in [3.05, 3.63) is 0 Å². The lowest BCUT2D eigenvalue weighted by atomic mass is 10.0. The van der Waals surface area contributed by atoms with E-state index in [4.69, 9.17) is 5.11 Å². The Balaban J connectivity index is 4.61. The van der Waals surface area contributed by atoms with E-state index in [-0.39, 0.29) is 5.91 Å². The Hall–Kier alpha value is -1.06. The zero-order valence-electron chi connectivity index (χ0n) is 10.9. The summed E-state index contributed by atoms with van der Waals surface area (Å²) in [5.74, 6) is -0.591. The number of rotatable bonds is 6. The first-order chi connectivity index (χ1) is 7.23. The van der Waals surface area contributed by atoms with Gasteiger partial charge in [-0.25, -0.2) is 4.79 Å². The van der Waals surface area contributed by atoms with Crippen LogP contribution in [0.1, 0.15) is 47.5 Å². The van der Waals surface area contributed by atoms with E-state index in [1.165, 1.54) is 4.90 Å². The van der Waals surface area contributed by atoms with E-state index < -0.39 is 11.5 Å². The van der Waals surface area contributed by atoms with Crippen LogP contribution in [0.25, 0.3) is 0 Å². The van der Waals surface area contributed by atoms with Crippen LogP contribution >= 0.6 is 0 Å². The molecule has 0 unspecified atom stereocenters. The summed E-state index contributed by atoms with van der Waals surface area (Å²) >= 11 is 0. The fraction of sp³-hybridized carbons (Fsp3) is 0.833. The van der Waals surface area contributed by atoms with E-state index in [9.17, 15) is 9.59 Å². The van der Waals surface area contributed by atoms with E-state index >= 15 is 0 Å². The molecule has 16 heavy (non-hydrogen) atoms. The molecule has 0 rings (SSSR count). The van der Waals surface area contributed by atoms with Gasteiger partial charge in [-0.2, -0.15) is 0 Å². The molecule has 94 valence electrons. The predicted molar refractivity (Wildman–Crippen MR) is 63.2 cm³/mol. The van der Waals surface area contributed by atoms with Crippen LogP contribution in [0.2, 0.25) is 0 Å². The van der Waals surface area contributed by atoms with Crippen LogP contribution in [0.4, 0.5) is 0 Å². The summed E-state index contributed by atoms with van der Waals surface area (Å²) in [4.78, 5) is 24.4. The van der Waals surface area contributed by atoms with Gasteiger partial charge in [-0.3, -0.25) is 4.79 Å². The number of hydrogen-bond donors (Lipinski definition) is 1. The highest BCUT2D eigenvalue weighted by Crippen LogP contribution is 2.17. The number of hydrogen-bond acceptors (Lipinski definition) is 2. The van der Waals surface area contributed by atoms with Crippen LogP contribution in [0.3, 0.4) is 0 Å². The standard InChI is InChI=1S/C12H23NO3/c1-6-13(12(4,5)11(15)16)10(14)8-7-9(2)3/h9H,6-8H2,1-5H3,(H,15,16). The highest BCUT2D eigenvalue weighted by atomic mass is 16.4. The second-order valence-corrected chi connectivity index (χ2v) is 4.93. The molecule has 0 fully saturated rings. The van der Waals surface area contributed by atoms with Crippen LogP contribution in [0.15, 0.2) is 0 Å². The Labute approximate surface area is 97.6 Å². The van der Waals surface area contributed by atoms with Gasteiger partial charge in [-0.1, -0.05) is 13.8 Å². The van der Waals surface area contributed by atoms with Crippen molar-refractivity contribution in [3.63, 3.8) is 0 Å². The normalized spacial score (nSPS) is 11.6. The van der Waals surface area contributed by atoms with Crippen molar-refractivity contribution < 1.29 is 14.7 Å². The van der Waals surface area contributed by atoms with E-state index in [0.717, 1.165) is 6.42 Å². The van der Waals surface area contributed by atoms with Gasteiger partial charge in [0, 0.05) is 13.0 Å². The summed E-state index contributed by atoms with van der Waals surface area (Å²) in [6.45, 7) is 9.45. The molecule has 1 amide bonds. The summed E-state index contributed by atoms with van der Waals surface area (Å²) in [5.41, 5.74) is -1.12. The SMILES string of the molecule is CCN(C(=O)CCC(C)C)C(C)(C)C(=O)O. The van der Waals surface area contributed by atoms with Gasteiger partial charge in [-0.05, 0) is 33.1 Å². The van der Waals surface area contributed by atoms with Crippen LogP contribution in [-0.2, 0) is 9.59 Å². The lowest BCUT2D eigenvalue weighted by Crippen LogP contribution is -2.52. The molecular formula is C12H23NO3. The Morgan fingerprint density at radius 3 is 2.12 bits per heavy atom. The lowest BCUT2D eigenvalue weighted by Gasteiger charge is -2.34. The largest absolute Gasteiger partial charge is 0.480 e. The molecule has 0 radical (unpaired) electrons. The first-order valence-corrected chi connectivity index (χ1v) is 5.77. The summed E-state index contributed by atoms with van der Waals surface area (Å²) in [7, 11) is 0. The maximum absolute atomic E-state index is 11.9. The van der Waals surface area contributed by atoms with Gasteiger partial charge < -0.3 is 10.0 Å².